The van der Waals surface area contributed by atoms with Crippen LogP contribution in [0.3, 0.4) is 0 Å². The number of nitrogen functional groups attached to an aromatic ring is 1. The van der Waals surface area contributed by atoms with Crippen molar-refractivity contribution in [1.29, 1.82) is 0 Å². The first-order valence-corrected chi connectivity index (χ1v) is 6.72. The Morgan fingerprint density at radius 2 is 2.21 bits per heavy atom. The molecule has 1 aromatic carbocycles. The molecule has 1 saturated heterocycles. The molecule has 1 aromatic rings. The van der Waals surface area contributed by atoms with E-state index in [9.17, 15) is 4.79 Å². The number of nitrogens with one attached hydrogen (secondary N) is 1. The summed E-state index contributed by atoms with van der Waals surface area (Å²) >= 11 is 0. The number of benzene rings is 1. The van der Waals surface area contributed by atoms with Gasteiger partial charge in [0.15, 0.2) is 0 Å². The molecule has 0 spiro atoms. The molecule has 0 bridgehead atoms. The van der Waals surface area contributed by atoms with Gasteiger partial charge in [0.05, 0.1) is 6.10 Å². The SMILES string of the molecule is CCN(CC1CCCO1)C(=O)Nc1ccc(N)cc1. The Morgan fingerprint density at radius 1 is 1.47 bits per heavy atom. The lowest BCUT2D eigenvalue weighted by Crippen LogP contribution is -2.39. The fourth-order valence-electron chi connectivity index (χ4n) is 2.16. The molecule has 0 saturated carbocycles. The number of amides is 2. The van der Waals surface area contributed by atoms with Gasteiger partial charge in [0.2, 0.25) is 0 Å². The van der Waals surface area contributed by atoms with Gasteiger partial charge in [-0.1, -0.05) is 0 Å². The van der Waals surface area contributed by atoms with Gasteiger partial charge in [-0.2, -0.15) is 0 Å². The summed E-state index contributed by atoms with van der Waals surface area (Å²) in [6.45, 7) is 4.09. The molecule has 1 aliphatic heterocycles. The van der Waals surface area contributed by atoms with Gasteiger partial charge in [0.1, 0.15) is 0 Å². The van der Waals surface area contributed by atoms with E-state index in [2.05, 4.69) is 5.32 Å². The molecule has 1 fully saturated rings. The van der Waals surface area contributed by atoms with Crippen molar-refractivity contribution >= 4 is 17.4 Å². The van der Waals surface area contributed by atoms with Gasteiger partial charge in [-0.3, -0.25) is 0 Å². The maximum Gasteiger partial charge on any atom is 0.321 e. The number of hydrogen-bond donors (Lipinski definition) is 2. The molecule has 0 aromatic heterocycles. The molecule has 2 amide bonds. The average molecular weight is 263 g/mol. The van der Waals surface area contributed by atoms with Crippen LogP contribution in [0.4, 0.5) is 16.2 Å². The molecule has 5 heteroatoms. The molecule has 0 aliphatic carbocycles. The van der Waals surface area contributed by atoms with Gasteiger partial charge in [-0.15, -0.1) is 0 Å². The first-order chi connectivity index (χ1) is 9.19. The zero-order valence-electron chi connectivity index (χ0n) is 11.3. The number of nitrogens with two attached hydrogens (primary N) is 1. The maximum absolute atomic E-state index is 12.1. The van der Waals surface area contributed by atoms with E-state index in [1.165, 1.54) is 0 Å². The van der Waals surface area contributed by atoms with Crippen molar-refractivity contribution < 1.29 is 9.53 Å². The zero-order chi connectivity index (χ0) is 13.7. The van der Waals surface area contributed by atoms with Crippen molar-refractivity contribution in [3.8, 4) is 0 Å². The Morgan fingerprint density at radius 3 is 2.79 bits per heavy atom. The van der Waals surface area contributed by atoms with Gasteiger partial charge in [-0.25, -0.2) is 4.79 Å². The van der Waals surface area contributed by atoms with E-state index >= 15 is 0 Å². The standard InChI is InChI=1S/C14H21N3O2/c1-2-17(10-13-4-3-9-19-13)14(18)16-12-7-5-11(15)6-8-12/h5-8,13H,2-4,9-10,15H2,1H3,(H,16,18). The molecule has 1 aliphatic rings. The van der Waals surface area contributed by atoms with Gasteiger partial charge < -0.3 is 20.7 Å². The van der Waals surface area contributed by atoms with Gasteiger partial charge in [0.25, 0.3) is 0 Å². The minimum Gasteiger partial charge on any atom is -0.399 e. The molecule has 1 unspecified atom stereocenters. The number of carbonyl (C=O) groups is 1. The summed E-state index contributed by atoms with van der Waals surface area (Å²) in [5.74, 6) is 0. The second kappa shape index (κ2) is 6.43. The zero-order valence-corrected chi connectivity index (χ0v) is 11.3. The molecule has 104 valence electrons. The van der Waals surface area contributed by atoms with Crippen molar-refractivity contribution in [2.24, 2.45) is 0 Å². The van der Waals surface area contributed by atoms with Crippen molar-refractivity contribution in [1.82, 2.24) is 4.90 Å². The Kier molecular flexibility index (Phi) is 4.63. The predicted molar refractivity (Wildman–Crippen MR) is 76.1 cm³/mol. The quantitative estimate of drug-likeness (QED) is 0.819. The highest BCUT2D eigenvalue weighted by Crippen LogP contribution is 2.15. The lowest BCUT2D eigenvalue weighted by atomic mass is 10.2. The Labute approximate surface area is 113 Å². The van der Waals surface area contributed by atoms with Gasteiger partial charge in [0, 0.05) is 31.1 Å². The predicted octanol–water partition coefficient (Wildman–Crippen LogP) is 2.30. The molecule has 3 N–H and O–H groups in total. The number of urea groups is 1. The third-order valence-corrected chi connectivity index (χ3v) is 3.28. The minimum atomic E-state index is -0.0947. The van der Waals surface area contributed by atoms with Gasteiger partial charge in [-0.05, 0) is 44.0 Å². The second-order valence-corrected chi connectivity index (χ2v) is 4.73. The molecular weight excluding hydrogens is 242 g/mol. The summed E-state index contributed by atoms with van der Waals surface area (Å²) < 4.78 is 5.56. The van der Waals surface area contributed by atoms with Crippen molar-refractivity contribution in [2.75, 3.05) is 30.7 Å². The van der Waals surface area contributed by atoms with Crippen LogP contribution in [0.25, 0.3) is 0 Å². The summed E-state index contributed by atoms with van der Waals surface area (Å²) in [7, 11) is 0. The number of anilines is 2. The molecule has 1 atom stereocenters. The number of hydrogen-bond acceptors (Lipinski definition) is 3. The number of likely N-dealkylation sites (N-methyl/N-ethyl adjacent to an activating group) is 1. The highest BCUT2D eigenvalue weighted by Gasteiger charge is 2.21. The molecule has 2 rings (SSSR count). The molecule has 1 heterocycles. The van der Waals surface area contributed by atoms with E-state index in [-0.39, 0.29) is 12.1 Å². The maximum atomic E-state index is 12.1. The topological polar surface area (TPSA) is 67.6 Å². The van der Waals surface area contributed by atoms with Crippen LogP contribution in [-0.2, 0) is 4.74 Å². The Hall–Kier alpha value is -1.75. The van der Waals surface area contributed by atoms with Crippen LogP contribution in [0.5, 0.6) is 0 Å². The van der Waals surface area contributed by atoms with E-state index in [0.29, 0.717) is 18.8 Å². The summed E-state index contributed by atoms with van der Waals surface area (Å²) in [5, 5.41) is 2.87. The van der Waals surface area contributed by atoms with E-state index in [1.54, 1.807) is 29.2 Å². The first kappa shape index (κ1) is 13.7. The smallest absolute Gasteiger partial charge is 0.321 e. The molecule has 0 radical (unpaired) electrons. The summed E-state index contributed by atoms with van der Waals surface area (Å²) in [6, 6.07) is 7.04. The fraction of sp³-hybridized carbons (Fsp3) is 0.500. The second-order valence-electron chi connectivity index (χ2n) is 4.73. The average Bonchev–Trinajstić information content (AvgIpc) is 2.91. The lowest BCUT2D eigenvalue weighted by molar-refractivity contribution is 0.0849. The van der Waals surface area contributed by atoms with E-state index in [4.69, 9.17) is 10.5 Å². The number of nitrogens with zero attached hydrogens (tertiary/aromatic N) is 1. The van der Waals surface area contributed by atoms with Crippen LogP contribution in [0.1, 0.15) is 19.8 Å². The van der Waals surface area contributed by atoms with E-state index in [1.807, 2.05) is 6.92 Å². The van der Waals surface area contributed by atoms with Crippen LogP contribution in [-0.4, -0.2) is 36.7 Å². The molecule has 19 heavy (non-hydrogen) atoms. The minimum absolute atomic E-state index is 0.0947. The van der Waals surface area contributed by atoms with E-state index < -0.39 is 0 Å². The summed E-state index contributed by atoms with van der Waals surface area (Å²) in [5.41, 5.74) is 7.05. The number of rotatable bonds is 4. The molecule has 5 nitrogen and oxygen atoms in total. The highest BCUT2D eigenvalue weighted by molar-refractivity contribution is 5.89. The van der Waals surface area contributed by atoms with Crippen molar-refractivity contribution in [2.45, 2.75) is 25.9 Å². The van der Waals surface area contributed by atoms with E-state index in [0.717, 1.165) is 25.1 Å². The third-order valence-electron chi connectivity index (χ3n) is 3.28. The van der Waals surface area contributed by atoms with Crippen molar-refractivity contribution in [3.63, 3.8) is 0 Å². The van der Waals surface area contributed by atoms with Crippen LogP contribution >= 0.6 is 0 Å². The normalized spacial score (nSPS) is 18.3. The van der Waals surface area contributed by atoms with Crippen LogP contribution in [0.2, 0.25) is 0 Å². The van der Waals surface area contributed by atoms with Crippen molar-refractivity contribution in [3.05, 3.63) is 24.3 Å². The van der Waals surface area contributed by atoms with Gasteiger partial charge >= 0.3 is 6.03 Å². The van der Waals surface area contributed by atoms with Crippen LogP contribution in [0.15, 0.2) is 24.3 Å². The lowest BCUT2D eigenvalue weighted by Gasteiger charge is -2.24. The number of ether oxygens (including phenoxy) is 1. The highest BCUT2D eigenvalue weighted by atomic mass is 16.5. The molecular formula is C14H21N3O2. The first-order valence-electron chi connectivity index (χ1n) is 6.72. The summed E-state index contributed by atoms with van der Waals surface area (Å²) in [4.78, 5) is 13.9. The third kappa shape index (κ3) is 3.86. The Balaban J connectivity index is 1.90. The largest absolute Gasteiger partial charge is 0.399 e. The fourth-order valence-corrected chi connectivity index (χ4v) is 2.16. The Bertz CT molecular complexity index is 413. The number of carbonyl (C=O) groups excluding carboxylic acids is 1. The summed E-state index contributed by atoms with van der Waals surface area (Å²) in [6.07, 6.45) is 2.30. The monoisotopic (exact) mass is 263 g/mol. The van der Waals surface area contributed by atoms with Crippen LogP contribution in [0, 0.1) is 0 Å². The van der Waals surface area contributed by atoms with Crippen LogP contribution < -0.4 is 11.1 Å².